The molecule has 12 atom stereocenters. The Labute approximate surface area is 617 Å². The smallest absolute Gasteiger partial charge is 0.390 e. The van der Waals surface area contributed by atoms with Crippen LogP contribution in [0.2, 0.25) is 0 Å². The molecule has 1 fully saturated rings. The molecule has 1 aliphatic heterocycles. The number of imidazole rings is 2. The first-order valence-electron chi connectivity index (χ1n) is 35.7. The molecule has 0 saturated carbocycles. The second kappa shape index (κ2) is 40.6. The number of carbonyl (C=O) groups is 11. The fourth-order valence-corrected chi connectivity index (χ4v) is 13.2. The highest BCUT2D eigenvalue weighted by atomic mass is 32.2. The van der Waals surface area contributed by atoms with Crippen molar-refractivity contribution in [1.82, 2.24) is 85.1 Å². The number of nitrogens with one attached hydrogen (secondary N) is 5. The molecule has 4 heterocycles. The van der Waals surface area contributed by atoms with Crippen LogP contribution in [0.25, 0.3) is 11.2 Å². The number of aromatic amines is 1. The number of nitrogens with zero attached hydrogens (tertiary/aromatic N) is 13. The maximum absolute atomic E-state index is 15.1. The molecule has 0 spiro atoms. The number of likely N-dealkylation sites (N-methyl/N-ethyl adjacent to an activating group) is 7. The van der Waals surface area contributed by atoms with Crippen molar-refractivity contribution < 1.29 is 62.8 Å². The van der Waals surface area contributed by atoms with Crippen LogP contribution >= 0.6 is 11.8 Å². The number of aryl methyl sites for hydroxylation is 1. The molecule has 3 aromatic rings. The van der Waals surface area contributed by atoms with Crippen molar-refractivity contribution in [2.45, 2.75) is 233 Å². The molecule has 3 aromatic heterocycles. The van der Waals surface area contributed by atoms with Gasteiger partial charge in [0.2, 0.25) is 71.3 Å². The zero-order chi connectivity index (χ0) is 79.4. The third-order valence-electron chi connectivity index (χ3n) is 18.5. The number of aromatic nitrogens is 6. The Balaban J connectivity index is 0.00000125. The number of hydrogen-bond acceptors (Lipinski definition) is 19. The van der Waals surface area contributed by atoms with Gasteiger partial charge in [-0.3, -0.25) is 52.7 Å². The predicted molar refractivity (Wildman–Crippen MR) is 394 cm³/mol. The lowest BCUT2D eigenvalue weighted by molar-refractivity contribution is -0.392. The highest BCUT2D eigenvalue weighted by Crippen LogP contribution is 2.35. The van der Waals surface area contributed by atoms with Crippen LogP contribution < -0.4 is 21.3 Å². The van der Waals surface area contributed by atoms with Crippen LogP contribution in [0.3, 0.4) is 0 Å². The first-order valence-corrected chi connectivity index (χ1v) is 36.5. The van der Waals surface area contributed by atoms with E-state index < -0.39 is 161 Å². The first-order chi connectivity index (χ1) is 48.4. The molecule has 0 aliphatic carbocycles. The monoisotopic (exact) mass is 1480 g/mol. The van der Waals surface area contributed by atoms with E-state index in [1.165, 1.54) is 107 Å². The Bertz CT molecular complexity index is 3480. The first kappa shape index (κ1) is 89.6. The SMILES string of the molecule is C/C=C/C[C@@H](C)[C@@H](O)[C@@H]1C(=O)N[C@@H](CC)C(=O)N(C)CC(=O)N(C)[C@H](CC(C)C)C(=O)N[C@@H](C(C)C)C(=O)N(C)[C@H](CC(C)C)C(=O)N[C@H](C)C(=O)N[C@H](C)C(=O)N(C)[C@H](CC(C)C)C(=O)N(C)[C@H](CC(C)C)C(=O)N(C)[C@H](C(C)C)C(=O)N1C.Cn1cnc([N+](=O)[O-])c1Sc1ncnc2nc[nH]c12. The molecule has 1 aliphatic rings. The van der Waals surface area contributed by atoms with Gasteiger partial charge in [-0.15, -0.1) is 0 Å². The molecule has 0 bridgehead atoms. The van der Waals surface area contributed by atoms with Crippen molar-refractivity contribution in [3.05, 3.63) is 41.2 Å². The largest absolute Gasteiger partial charge is 0.396 e. The van der Waals surface area contributed by atoms with Gasteiger partial charge in [-0.05, 0) is 122 Å². The van der Waals surface area contributed by atoms with E-state index in [0.29, 0.717) is 27.6 Å². The molecule has 0 unspecified atom stereocenters. The molecule has 33 heteroatoms. The van der Waals surface area contributed by atoms with Crippen molar-refractivity contribution in [2.24, 2.45) is 48.5 Å². The number of carbonyl (C=O) groups excluding carboxylic acids is 11. The summed E-state index contributed by atoms with van der Waals surface area (Å²) in [5.41, 5.74) is 1.16. The van der Waals surface area contributed by atoms with Crippen molar-refractivity contribution in [2.75, 3.05) is 55.9 Å². The summed E-state index contributed by atoms with van der Waals surface area (Å²) in [7, 11) is 11.6. The topological polar surface area (TPSA) is 394 Å². The summed E-state index contributed by atoms with van der Waals surface area (Å²) in [6.07, 6.45) is 7.31. The maximum atomic E-state index is 15.1. The molecular weight excluding hydrogens is 1360 g/mol. The van der Waals surface area contributed by atoms with E-state index in [-0.39, 0.29) is 61.6 Å². The van der Waals surface area contributed by atoms with E-state index in [1.54, 1.807) is 66.2 Å². The highest BCUT2D eigenvalue weighted by Gasteiger charge is 2.46. The predicted octanol–water partition coefficient (Wildman–Crippen LogP) is 4.41. The lowest BCUT2D eigenvalue weighted by Gasteiger charge is -2.41. The van der Waals surface area contributed by atoms with Gasteiger partial charge in [-0.25, -0.2) is 15.0 Å². The molecule has 6 N–H and O–H groups in total. The fraction of sp³-hybridized carbons (Fsp3) is 0.704. The summed E-state index contributed by atoms with van der Waals surface area (Å²) in [5, 5.41) is 34.9. The van der Waals surface area contributed by atoms with Crippen molar-refractivity contribution in [1.29, 1.82) is 0 Å². The van der Waals surface area contributed by atoms with Crippen LogP contribution in [-0.4, -0.2) is 261 Å². The number of amides is 11. The molecular formula is C71H118N18O14S. The number of fused-ring (bicyclic) bond motifs is 1. The van der Waals surface area contributed by atoms with Crippen LogP contribution in [0.1, 0.15) is 156 Å². The Kier molecular flexibility index (Phi) is 35.0. The second-order valence-electron chi connectivity index (χ2n) is 29.7. The third-order valence-corrected chi connectivity index (χ3v) is 19.7. The number of H-pyrrole nitrogens is 1. The lowest BCUT2D eigenvalue weighted by Crippen LogP contribution is -2.63. The molecule has 582 valence electrons. The Morgan fingerprint density at radius 3 is 1.57 bits per heavy atom. The van der Waals surface area contributed by atoms with E-state index >= 15 is 9.59 Å². The highest BCUT2D eigenvalue weighted by molar-refractivity contribution is 7.99. The van der Waals surface area contributed by atoms with Crippen LogP contribution in [0.15, 0.2) is 41.2 Å². The van der Waals surface area contributed by atoms with E-state index in [2.05, 4.69) is 46.2 Å². The minimum Gasteiger partial charge on any atom is -0.390 e. The summed E-state index contributed by atoms with van der Waals surface area (Å²) < 4.78 is 1.58. The summed E-state index contributed by atoms with van der Waals surface area (Å²) in [6.45, 7) is 29.3. The summed E-state index contributed by atoms with van der Waals surface area (Å²) >= 11 is 1.15. The van der Waals surface area contributed by atoms with Gasteiger partial charge in [0.1, 0.15) is 77.3 Å². The maximum Gasteiger partial charge on any atom is 0.396 e. The van der Waals surface area contributed by atoms with Crippen molar-refractivity contribution >= 4 is 93.7 Å². The van der Waals surface area contributed by atoms with E-state index in [9.17, 15) is 58.4 Å². The number of allylic oxidation sites excluding steroid dienone is 2. The number of hydrogen-bond donors (Lipinski definition) is 6. The van der Waals surface area contributed by atoms with Gasteiger partial charge in [-0.2, -0.15) is 0 Å². The van der Waals surface area contributed by atoms with Crippen LogP contribution in [0.4, 0.5) is 5.82 Å². The minimum absolute atomic E-state index is 0.0229. The Morgan fingerprint density at radius 2 is 1.06 bits per heavy atom. The van der Waals surface area contributed by atoms with E-state index in [4.69, 9.17) is 0 Å². The quantitative estimate of drug-likeness (QED) is 0.0444. The molecule has 0 radical (unpaired) electrons. The standard InChI is InChI=1S/C62H111N11O12.C9H7N7O2S/c1-25-27-28-40(15)52(75)51-56(79)65-43(26-2)58(81)67(18)33-48(74)68(19)44(29-34(3)4)55(78)66-49(38(11)12)61(84)69(20)45(30-35(5)6)54(77)63-41(16)53(76)64-42(17)57(80)70(21)46(31-36(7)8)59(82)71(22)47(32-37(9)10)60(83)72(23)50(39(13)14)62(85)73(51)24;1-15-4-14-7(16(17)18)9(15)19-8-5-6(11-2-10-5)12-3-13-8/h25,27,34-47,49-52,75H,26,28-33H2,1-24H3,(H,63,77)(H,64,76)(H,65,79)(H,66,78);2-4H,1H3,(H,10,11,12,13)/b27-25+;/t40-,41-,42-,43+,44-,45-,46-,47-,49+,50-,51-,52-;/m1./s1. The molecule has 0 aromatic carbocycles. The van der Waals surface area contributed by atoms with Crippen molar-refractivity contribution in [3.8, 4) is 0 Å². The zero-order valence-electron chi connectivity index (χ0n) is 65.7. The van der Waals surface area contributed by atoms with Crippen molar-refractivity contribution in [3.63, 3.8) is 0 Å². The number of aliphatic hydroxyl groups excluding tert-OH is 1. The summed E-state index contributed by atoms with van der Waals surface area (Å²) in [5.74, 6) is -9.90. The molecule has 11 amide bonds. The second-order valence-corrected chi connectivity index (χ2v) is 30.7. The third kappa shape index (κ3) is 24.0. The minimum atomic E-state index is -1.61. The molecule has 104 heavy (non-hydrogen) atoms. The van der Waals surface area contributed by atoms with Crippen LogP contribution in [0, 0.1) is 51.5 Å². The van der Waals surface area contributed by atoms with Gasteiger partial charge in [0, 0.05) is 56.4 Å². The van der Waals surface area contributed by atoms with Gasteiger partial charge in [-0.1, -0.05) is 109 Å². The summed E-state index contributed by atoms with van der Waals surface area (Å²) in [6, 6.07) is -12.3. The number of nitro groups is 1. The summed E-state index contributed by atoms with van der Waals surface area (Å²) in [4.78, 5) is 198. The fourth-order valence-electron chi connectivity index (χ4n) is 12.2. The lowest BCUT2D eigenvalue weighted by atomic mass is 9.91. The normalized spacial score (nSPS) is 24.0. The van der Waals surface area contributed by atoms with E-state index in [0.717, 1.165) is 21.6 Å². The average Bonchev–Trinajstić information content (AvgIpc) is 1.22. The number of aliphatic hydroxyl groups is 1. The Morgan fingerprint density at radius 1 is 0.567 bits per heavy atom. The van der Waals surface area contributed by atoms with Gasteiger partial charge in [0.05, 0.1) is 19.0 Å². The average molecular weight is 1480 g/mol. The number of rotatable bonds is 18. The van der Waals surface area contributed by atoms with Gasteiger partial charge >= 0.3 is 5.82 Å². The zero-order valence-corrected chi connectivity index (χ0v) is 66.5. The van der Waals surface area contributed by atoms with Gasteiger partial charge in [0.15, 0.2) is 10.7 Å². The Hall–Kier alpha value is -8.62. The van der Waals surface area contributed by atoms with E-state index in [1.807, 2.05) is 61.5 Å². The van der Waals surface area contributed by atoms with Crippen LogP contribution in [0.5, 0.6) is 0 Å². The van der Waals surface area contributed by atoms with Crippen LogP contribution in [-0.2, 0) is 59.8 Å². The molecule has 32 nitrogen and oxygen atoms in total. The molecule has 1 saturated heterocycles. The molecule has 4 rings (SSSR count). The van der Waals surface area contributed by atoms with Gasteiger partial charge < -0.3 is 80.3 Å². The van der Waals surface area contributed by atoms with Gasteiger partial charge in [0.25, 0.3) is 0 Å².